The summed E-state index contributed by atoms with van der Waals surface area (Å²) in [6.07, 6.45) is 6.11. The third kappa shape index (κ3) is 2.48. The Hall–Kier alpha value is -0.0400. The molecule has 0 aliphatic heterocycles. The zero-order valence-corrected chi connectivity index (χ0v) is 7.73. The Bertz CT molecular complexity index is 138. The Kier molecular flexibility index (Phi) is 3.38. The standard InChI is InChI=1S/C9H15ClO/c1-7(11)9(10)8-5-3-2-4-6-8/h8-9H,2-6H2,1H3. The van der Waals surface area contributed by atoms with E-state index in [1.807, 2.05) is 0 Å². The van der Waals surface area contributed by atoms with E-state index in [9.17, 15) is 4.79 Å². The van der Waals surface area contributed by atoms with E-state index in [0.717, 1.165) is 12.8 Å². The van der Waals surface area contributed by atoms with Crippen LogP contribution in [0.1, 0.15) is 39.0 Å². The van der Waals surface area contributed by atoms with Gasteiger partial charge in [-0.15, -0.1) is 11.6 Å². The van der Waals surface area contributed by atoms with Gasteiger partial charge in [0.05, 0.1) is 5.38 Å². The fourth-order valence-corrected chi connectivity index (χ4v) is 2.01. The average molecular weight is 175 g/mol. The van der Waals surface area contributed by atoms with Gasteiger partial charge in [-0.3, -0.25) is 4.79 Å². The summed E-state index contributed by atoms with van der Waals surface area (Å²) in [6, 6.07) is 0. The van der Waals surface area contributed by atoms with Gasteiger partial charge in [0.25, 0.3) is 0 Å². The fraction of sp³-hybridized carbons (Fsp3) is 0.889. The van der Waals surface area contributed by atoms with Crippen LogP contribution in [0.3, 0.4) is 0 Å². The lowest BCUT2D eigenvalue weighted by molar-refractivity contribution is -0.117. The van der Waals surface area contributed by atoms with Crippen LogP contribution in [0.4, 0.5) is 0 Å². The van der Waals surface area contributed by atoms with E-state index >= 15 is 0 Å². The van der Waals surface area contributed by atoms with E-state index < -0.39 is 0 Å². The van der Waals surface area contributed by atoms with Gasteiger partial charge in [0.2, 0.25) is 0 Å². The molecule has 0 heterocycles. The summed E-state index contributed by atoms with van der Waals surface area (Å²) in [5.74, 6) is 0.599. The molecule has 1 aliphatic rings. The average Bonchev–Trinajstić information content (AvgIpc) is 2.05. The number of rotatable bonds is 2. The Morgan fingerprint density at radius 3 is 2.36 bits per heavy atom. The van der Waals surface area contributed by atoms with Crippen molar-refractivity contribution in [2.45, 2.75) is 44.4 Å². The highest BCUT2D eigenvalue weighted by Crippen LogP contribution is 2.29. The molecule has 1 nitrogen and oxygen atoms in total. The number of carbonyl (C=O) groups excluding carboxylic acids is 1. The zero-order chi connectivity index (χ0) is 8.27. The Morgan fingerprint density at radius 1 is 1.36 bits per heavy atom. The molecule has 1 unspecified atom stereocenters. The SMILES string of the molecule is CC(=O)C(Cl)C1CCCCC1. The molecule has 0 spiro atoms. The molecule has 0 aromatic rings. The first kappa shape index (κ1) is 9.05. The van der Waals surface area contributed by atoms with E-state index in [0.29, 0.717) is 5.92 Å². The smallest absolute Gasteiger partial charge is 0.147 e. The monoisotopic (exact) mass is 174 g/mol. The van der Waals surface area contributed by atoms with Gasteiger partial charge >= 0.3 is 0 Å². The third-order valence-corrected chi connectivity index (χ3v) is 3.12. The second-order valence-electron chi connectivity index (χ2n) is 3.41. The molecule has 0 aromatic carbocycles. The number of ketones is 1. The molecule has 1 saturated carbocycles. The Balaban J connectivity index is 2.38. The predicted molar refractivity (Wildman–Crippen MR) is 46.9 cm³/mol. The molecule has 2 heteroatoms. The maximum atomic E-state index is 10.9. The highest BCUT2D eigenvalue weighted by molar-refractivity contribution is 6.30. The van der Waals surface area contributed by atoms with Gasteiger partial charge in [-0.05, 0) is 25.7 Å². The minimum absolute atomic E-state index is 0.138. The summed E-state index contributed by atoms with van der Waals surface area (Å²) < 4.78 is 0. The van der Waals surface area contributed by atoms with Gasteiger partial charge in [0, 0.05) is 0 Å². The van der Waals surface area contributed by atoms with Crippen molar-refractivity contribution in [1.82, 2.24) is 0 Å². The van der Waals surface area contributed by atoms with Crippen molar-refractivity contribution in [3.05, 3.63) is 0 Å². The summed E-state index contributed by atoms with van der Waals surface area (Å²) in [4.78, 5) is 10.9. The second kappa shape index (κ2) is 4.10. The summed E-state index contributed by atoms with van der Waals surface area (Å²) >= 11 is 5.94. The molecule has 1 rings (SSSR count). The number of carbonyl (C=O) groups is 1. The fourth-order valence-electron chi connectivity index (χ4n) is 1.76. The van der Waals surface area contributed by atoms with E-state index in [4.69, 9.17) is 11.6 Å². The molecule has 0 saturated heterocycles. The van der Waals surface area contributed by atoms with Gasteiger partial charge in [0.1, 0.15) is 5.78 Å². The number of hydrogen-bond donors (Lipinski definition) is 0. The molecule has 0 aromatic heterocycles. The molecule has 1 aliphatic carbocycles. The molecule has 1 atom stereocenters. The first-order valence-electron chi connectivity index (χ1n) is 4.36. The molecular weight excluding hydrogens is 160 g/mol. The molecule has 1 fully saturated rings. The molecule has 11 heavy (non-hydrogen) atoms. The Morgan fingerprint density at radius 2 is 1.91 bits per heavy atom. The molecule has 64 valence electrons. The van der Waals surface area contributed by atoms with Crippen LogP contribution in [0.2, 0.25) is 0 Å². The largest absolute Gasteiger partial charge is 0.298 e. The topological polar surface area (TPSA) is 17.1 Å². The van der Waals surface area contributed by atoms with Crippen molar-refractivity contribution >= 4 is 17.4 Å². The number of hydrogen-bond acceptors (Lipinski definition) is 1. The van der Waals surface area contributed by atoms with Gasteiger partial charge in [-0.25, -0.2) is 0 Å². The molecule has 0 bridgehead atoms. The quantitative estimate of drug-likeness (QED) is 0.589. The minimum Gasteiger partial charge on any atom is -0.298 e. The van der Waals surface area contributed by atoms with Crippen LogP contribution in [0.15, 0.2) is 0 Å². The summed E-state index contributed by atoms with van der Waals surface area (Å²) in [6.45, 7) is 1.59. The molecule has 0 amide bonds. The summed E-state index contributed by atoms with van der Waals surface area (Å²) in [7, 11) is 0. The lowest BCUT2D eigenvalue weighted by Crippen LogP contribution is -2.24. The van der Waals surface area contributed by atoms with E-state index in [1.165, 1.54) is 19.3 Å². The second-order valence-corrected chi connectivity index (χ2v) is 3.88. The highest BCUT2D eigenvalue weighted by Gasteiger charge is 2.24. The Labute approximate surface area is 73.1 Å². The van der Waals surface area contributed by atoms with E-state index in [-0.39, 0.29) is 11.2 Å². The van der Waals surface area contributed by atoms with Crippen LogP contribution >= 0.6 is 11.6 Å². The number of Topliss-reactive ketones (excluding diaryl/α,β-unsaturated/α-hetero) is 1. The highest BCUT2D eigenvalue weighted by atomic mass is 35.5. The van der Waals surface area contributed by atoms with E-state index in [1.54, 1.807) is 6.92 Å². The lowest BCUT2D eigenvalue weighted by atomic mass is 9.86. The van der Waals surface area contributed by atoms with Crippen molar-refractivity contribution in [2.24, 2.45) is 5.92 Å². The number of halogens is 1. The van der Waals surface area contributed by atoms with Crippen molar-refractivity contribution in [2.75, 3.05) is 0 Å². The van der Waals surface area contributed by atoms with Gasteiger partial charge in [-0.1, -0.05) is 19.3 Å². The van der Waals surface area contributed by atoms with Crippen LogP contribution < -0.4 is 0 Å². The van der Waals surface area contributed by atoms with Crippen LogP contribution in [0, 0.1) is 5.92 Å². The van der Waals surface area contributed by atoms with E-state index in [2.05, 4.69) is 0 Å². The van der Waals surface area contributed by atoms with Crippen molar-refractivity contribution in [3.8, 4) is 0 Å². The lowest BCUT2D eigenvalue weighted by Gasteiger charge is -2.24. The van der Waals surface area contributed by atoms with Crippen molar-refractivity contribution < 1.29 is 4.79 Å². The summed E-state index contributed by atoms with van der Waals surface area (Å²) in [5, 5.41) is -0.213. The zero-order valence-electron chi connectivity index (χ0n) is 6.98. The van der Waals surface area contributed by atoms with Crippen molar-refractivity contribution in [3.63, 3.8) is 0 Å². The van der Waals surface area contributed by atoms with Crippen molar-refractivity contribution in [1.29, 1.82) is 0 Å². The minimum atomic E-state index is -0.213. The van der Waals surface area contributed by atoms with Gasteiger partial charge < -0.3 is 0 Å². The molecular formula is C9H15ClO. The molecule has 0 radical (unpaired) electrons. The summed E-state index contributed by atoms with van der Waals surface area (Å²) in [5.41, 5.74) is 0. The first-order chi connectivity index (χ1) is 5.22. The first-order valence-corrected chi connectivity index (χ1v) is 4.80. The maximum Gasteiger partial charge on any atom is 0.147 e. The van der Waals surface area contributed by atoms with Gasteiger partial charge in [-0.2, -0.15) is 0 Å². The maximum absolute atomic E-state index is 10.9. The van der Waals surface area contributed by atoms with Crippen LogP contribution in [-0.2, 0) is 4.79 Å². The van der Waals surface area contributed by atoms with Crippen LogP contribution in [0.5, 0.6) is 0 Å². The number of alkyl halides is 1. The van der Waals surface area contributed by atoms with Gasteiger partial charge in [0.15, 0.2) is 0 Å². The van der Waals surface area contributed by atoms with Crippen LogP contribution in [0.25, 0.3) is 0 Å². The predicted octanol–water partition coefficient (Wildman–Crippen LogP) is 2.76. The van der Waals surface area contributed by atoms with Crippen LogP contribution in [-0.4, -0.2) is 11.2 Å². The third-order valence-electron chi connectivity index (χ3n) is 2.45. The molecule has 0 N–H and O–H groups in total. The normalized spacial score (nSPS) is 23.1.